The van der Waals surface area contributed by atoms with Crippen LogP contribution in [0.4, 0.5) is 22.0 Å². The molecule has 9 nitrogen and oxygen atoms in total. The maximum Gasteiger partial charge on any atom is 0.397 e. The van der Waals surface area contributed by atoms with Crippen molar-refractivity contribution in [2.24, 2.45) is 17.1 Å². The molecule has 4 aliphatic rings. The first-order valence-electron chi connectivity index (χ1n) is 14.9. The van der Waals surface area contributed by atoms with Crippen LogP contribution in [0.5, 0.6) is 6.01 Å². The molecular formula is C31H35F5N8O. The molecular weight excluding hydrogens is 595 g/mol. The van der Waals surface area contributed by atoms with Crippen LogP contribution in [0.25, 0.3) is 16.5 Å². The molecule has 5 atom stereocenters. The van der Waals surface area contributed by atoms with Crippen molar-refractivity contribution < 1.29 is 26.7 Å². The fourth-order valence-electron chi connectivity index (χ4n) is 7.54. The second-order valence-corrected chi connectivity index (χ2v) is 13.1. The first kappa shape index (κ1) is 31.3. The number of hydrogen-bond donors (Lipinski definition) is 2. The third-order valence-corrected chi connectivity index (χ3v) is 9.82. The summed E-state index contributed by atoms with van der Waals surface area (Å²) in [5.41, 5.74) is 2.16. The fourth-order valence-corrected chi connectivity index (χ4v) is 7.54. The van der Waals surface area contributed by atoms with Gasteiger partial charge in [-0.15, -0.1) is 0 Å². The highest BCUT2D eigenvalue weighted by Gasteiger charge is 2.59. The molecule has 3 N–H and O–H groups in total. The molecule has 2 aromatic heterocycles. The van der Waals surface area contributed by atoms with Gasteiger partial charge in [-0.2, -0.15) is 23.4 Å². The Labute approximate surface area is 257 Å². The van der Waals surface area contributed by atoms with Gasteiger partial charge in [0.15, 0.2) is 5.82 Å². The van der Waals surface area contributed by atoms with E-state index in [-0.39, 0.29) is 41.3 Å². The van der Waals surface area contributed by atoms with E-state index >= 15 is 17.6 Å². The molecule has 0 amide bonds. The van der Waals surface area contributed by atoms with E-state index in [1.54, 1.807) is 11.0 Å². The normalized spacial score (nSPS) is 32.2. The van der Waals surface area contributed by atoms with E-state index in [0.29, 0.717) is 44.5 Å². The number of alkyl halides is 3. The van der Waals surface area contributed by atoms with Gasteiger partial charge >= 0.3 is 12.2 Å². The van der Waals surface area contributed by atoms with Crippen molar-refractivity contribution in [1.29, 1.82) is 5.26 Å². The molecule has 14 heteroatoms. The van der Waals surface area contributed by atoms with Crippen molar-refractivity contribution in [1.82, 2.24) is 30.1 Å². The molecule has 0 aromatic carbocycles. The van der Waals surface area contributed by atoms with Crippen LogP contribution < -0.4 is 15.8 Å². The number of rotatable bonds is 5. The number of nitrogens with two attached hydrogens (primary N) is 1. The Morgan fingerprint density at radius 2 is 1.89 bits per heavy atom. The number of piperazine rings is 1. The van der Waals surface area contributed by atoms with Crippen molar-refractivity contribution in [2.75, 3.05) is 39.8 Å². The Balaban J connectivity index is 1.41. The molecule has 6 rings (SSSR count). The smallest absolute Gasteiger partial charge is 0.397 e. The molecule has 240 valence electrons. The number of nitrogens with one attached hydrogen (secondary N) is 1. The highest BCUT2D eigenvalue weighted by molar-refractivity contribution is 5.86. The van der Waals surface area contributed by atoms with Gasteiger partial charge in [-0.1, -0.05) is 6.92 Å². The van der Waals surface area contributed by atoms with Gasteiger partial charge in [0.1, 0.15) is 29.8 Å². The zero-order valence-electron chi connectivity index (χ0n) is 25.3. The van der Waals surface area contributed by atoms with E-state index in [1.165, 1.54) is 25.4 Å². The van der Waals surface area contributed by atoms with Gasteiger partial charge < -0.3 is 20.7 Å². The summed E-state index contributed by atoms with van der Waals surface area (Å²) in [5, 5.41) is 13.6. The zero-order chi connectivity index (χ0) is 32.3. The third-order valence-electron chi connectivity index (χ3n) is 9.82. The van der Waals surface area contributed by atoms with Gasteiger partial charge in [-0.25, -0.2) is 13.8 Å². The zero-order valence-corrected chi connectivity index (χ0v) is 25.3. The van der Waals surface area contributed by atoms with Gasteiger partial charge in [-0.3, -0.25) is 9.88 Å². The average Bonchev–Trinajstić information content (AvgIpc) is 3.32. The predicted molar refractivity (Wildman–Crippen MR) is 156 cm³/mol. The molecule has 45 heavy (non-hydrogen) atoms. The summed E-state index contributed by atoms with van der Waals surface area (Å²) in [6.07, 6.45) is 1.60. The van der Waals surface area contributed by atoms with Crippen molar-refractivity contribution in [3.63, 3.8) is 0 Å². The number of ether oxygens (including phenoxy) is 1. The van der Waals surface area contributed by atoms with Crippen molar-refractivity contribution in [3.8, 4) is 12.1 Å². The second-order valence-electron chi connectivity index (χ2n) is 13.1. The molecule has 5 heterocycles. The van der Waals surface area contributed by atoms with E-state index in [2.05, 4.69) is 20.3 Å². The molecule has 3 fully saturated rings. The summed E-state index contributed by atoms with van der Waals surface area (Å²) in [4.78, 5) is 16.2. The summed E-state index contributed by atoms with van der Waals surface area (Å²) >= 11 is 0. The summed E-state index contributed by atoms with van der Waals surface area (Å²) in [5.74, 6) is -3.46. The molecule has 1 aliphatic carbocycles. The van der Waals surface area contributed by atoms with Crippen LogP contribution in [-0.4, -0.2) is 88.4 Å². The Morgan fingerprint density at radius 3 is 2.53 bits per heavy atom. The van der Waals surface area contributed by atoms with Crippen LogP contribution in [0.15, 0.2) is 41.6 Å². The SMILES string of the molecule is CN1CC/C(=C\F)[C@](C)(COc2ncc3cnc(C4=C(C#N)C(N)=CC(C)(N5C[C@H]6CC[C@@H](C5)N6)C4C(F)(F)F)c(F)c3n2)C1. The second kappa shape index (κ2) is 11.3. The minimum atomic E-state index is -4.89. The van der Waals surface area contributed by atoms with Crippen LogP contribution in [0.2, 0.25) is 0 Å². The van der Waals surface area contributed by atoms with Crippen LogP contribution in [-0.2, 0) is 0 Å². The molecule has 2 aromatic rings. The molecule has 0 saturated carbocycles. The van der Waals surface area contributed by atoms with Gasteiger partial charge in [0, 0.05) is 72.7 Å². The number of aromatic nitrogens is 3. The highest BCUT2D eigenvalue weighted by Crippen LogP contribution is 2.52. The molecule has 0 radical (unpaired) electrons. The summed E-state index contributed by atoms with van der Waals surface area (Å²) in [7, 11) is 1.91. The molecule has 2 unspecified atom stereocenters. The Morgan fingerprint density at radius 1 is 1.20 bits per heavy atom. The lowest BCUT2D eigenvalue weighted by Gasteiger charge is -2.51. The van der Waals surface area contributed by atoms with E-state index in [0.717, 1.165) is 12.8 Å². The minimum absolute atomic E-state index is 0.00952. The number of nitrogens with zero attached hydrogens (tertiary/aromatic N) is 6. The van der Waals surface area contributed by atoms with E-state index in [4.69, 9.17) is 10.5 Å². The predicted octanol–water partition coefficient (Wildman–Crippen LogP) is 4.24. The number of halogens is 5. The van der Waals surface area contributed by atoms with Crippen LogP contribution >= 0.6 is 0 Å². The van der Waals surface area contributed by atoms with Gasteiger partial charge in [0.2, 0.25) is 0 Å². The minimum Gasteiger partial charge on any atom is -0.462 e. The number of hydrogen-bond acceptors (Lipinski definition) is 9. The highest BCUT2D eigenvalue weighted by atomic mass is 19.4. The number of piperidine rings is 1. The number of pyridine rings is 1. The maximum absolute atomic E-state index is 16.4. The first-order valence-corrected chi connectivity index (χ1v) is 14.9. The molecule has 2 bridgehead atoms. The summed E-state index contributed by atoms with van der Waals surface area (Å²) in [6, 6.07) is 1.60. The lowest BCUT2D eigenvalue weighted by molar-refractivity contribution is -0.185. The largest absolute Gasteiger partial charge is 0.462 e. The summed E-state index contributed by atoms with van der Waals surface area (Å²) < 4.78 is 81.5. The lowest BCUT2D eigenvalue weighted by atomic mass is 9.70. The molecule has 3 aliphatic heterocycles. The lowest BCUT2D eigenvalue weighted by Crippen LogP contribution is -2.64. The Kier molecular flexibility index (Phi) is 7.86. The summed E-state index contributed by atoms with van der Waals surface area (Å²) in [6.45, 7) is 5.14. The average molecular weight is 631 g/mol. The number of fused-ring (bicyclic) bond motifs is 3. The van der Waals surface area contributed by atoms with E-state index in [1.807, 2.05) is 18.9 Å². The number of allylic oxidation sites excluding steroid dienone is 1. The monoisotopic (exact) mass is 630 g/mol. The van der Waals surface area contributed by atoms with E-state index < -0.39 is 45.7 Å². The standard InChI is InChI=1S/C31H35F5N8O/c1-29(15-43(3)7-6-18(29)9-32)16-45-28-40-12-17-11-39-26(24(33)25(17)42-28)23-21(10-37)22(38)8-30(2,27(23)31(34,35)36)44-13-19-4-5-20(14-44)41-19/h8-9,11-12,19-20,27,41H,4-7,13-16,38H2,1-3H3/b18-9+/t19-,20+,27?,29-,30?/m0/s1. The van der Waals surface area contributed by atoms with Crippen molar-refractivity contribution in [3.05, 3.63) is 53.2 Å². The fraction of sp³-hybridized carbons (Fsp3) is 0.548. The van der Waals surface area contributed by atoms with Gasteiger partial charge in [0.25, 0.3) is 0 Å². The van der Waals surface area contributed by atoms with Crippen LogP contribution in [0.3, 0.4) is 0 Å². The van der Waals surface area contributed by atoms with Gasteiger partial charge in [-0.05, 0) is 44.9 Å². The number of likely N-dealkylation sites (tertiary alicyclic amines) is 2. The molecule has 0 spiro atoms. The Hall–Kier alpha value is -3.67. The van der Waals surface area contributed by atoms with E-state index in [9.17, 15) is 9.65 Å². The van der Waals surface area contributed by atoms with Crippen molar-refractivity contribution >= 4 is 16.5 Å². The maximum atomic E-state index is 16.4. The topological polar surface area (TPSA) is 116 Å². The quantitative estimate of drug-likeness (QED) is 0.468. The third kappa shape index (κ3) is 5.44. The number of nitriles is 1. The molecule has 3 saturated heterocycles. The Bertz CT molecular complexity index is 1640. The van der Waals surface area contributed by atoms with Crippen molar-refractivity contribution in [2.45, 2.75) is 56.9 Å². The van der Waals surface area contributed by atoms with Crippen LogP contribution in [0.1, 0.15) is 38.8 Å². The van der Waals surface area contributed by atoms with Crippen LogP contribution in [0, 0.1) is 28.5 Å². The first-order chi connectivity index (χ1) is 21.3. The van der Waals surface area contributed by atoms with Gasteiger partial charge in [0.05, 0.1) is 17.4 Å².